The average Bonchev–Trinajstić information content (AvgIpc) is 2.83. The maximum absolute atomic E-state index is 12.1. The third kappa shape index (κ3) is 4.00. The number of carbonyl (C=O) groups excluding carboxylic acids is 1. The average molecular weight is 426 g/mol. The molecule has 0 aliphatic heterocycles. The van der Waals surface area contributed by atoms with Crippen LogP contribution in [0.2, 0.25) is 0 Å². The number of nitrogens with one attached hydrogen (secondary N) is 1. The van der Waals surface area contributed by atoms with Gasteiger partial charge < -0.3 is 14.5 Å². The van der Waals surface area contributed by atoms with Gasteiger partial charge >= 0.3 is 0 Å². The summed E-state index contributed by atoms with van der Waals surface area (Å²) in [5.41, 5.74) is 0.462. The van der Waals surface area contributed by atoms with Crippen LogP contribution in [0.15, 0.2) is 49.5 Å². The van der Waals surface area contributed by atoms with E-state index >= 15 is 0 Å². The molecule has 22 heavy (non-hydrogen) atoms. The topological polar surface area (TPSA) is 75.3 Å². The van der Waals surface area contributed by atoms with Crippen molar-refractivity contribution in [2.45, 2.75) is 0 Å². The van der Waals surface area contributed by atoms with Crippen molar-refractivity contribution in [3.63, 3.8) is 0 Å². The van der Waals surface area contributed by atoms with E-state index in [1.165, 1.54) is 13.2 Å². The molecule has 0 aliphatic rings. The second kappa shape index (κ2) is 7.29. The number of methoxy groups -OCH3 is 1. The lowest BCUT2D eigenvalue weighted by Crippen LogP contribution is -2.13. The number of furan rings is 1. The van der Waals surface area contributed by atoms with Crippen LogP contribution in [0.5, 0.6) is 5.75 Å². The SMILES string of the molecule is COc1cccc(NC(=O)/C(C#N)=C\c2cc(Br)c(Br)o2)c1. The van der Waals surface area contributed by atoms with E-state index in [1.54, 1.807) is 30.3 Å². The van der Waals surface area contributed by atoms with Crippen molar-refractivity contribution < 1.29 is 13.9 Å². The Hall–Kier alpha value is -2.04. The molecule has 1 aromatic heterocycles. The first kappa shape index (κ1) is 16.3. The molecule has 2 rings (SSSR count). The Kier molecular flexibility index (Phi) is 5.41. The van der Waals surface area contributed by atoms with Crippen molar-refractivity contribution >= 4 is 49.5 Å². The number of halogens is 2. The van der Waals surface area contributed by atoms with Gasteiger partial charge in [-0.3, -0.25) is 4.79 Å². The zero-order valence-electron chi connectivity index (χ0n) is 11.4. The fourth-order valence-corrected chi connectivity index (χ4v) is 2.23. The lowest BCUT2D eigenvalue weighted by Gasteiger charge is -2.06. The molecule has 5 nitrogen and oxygen atoms in total. The number of carbonyl (C=O) groups is 1. The van der Waals surface area contributed by atoms with Crippen LogP contribution in [0.25, 0.3) is 6.08 Å². The Balaban J connectivity index is 2.20. The van der Waals surface area contributed by atoms with Gasteiger partial charge in [-0.15, -0.1) is 0 Å². The van der Waals surface area contributed by atoms with Gasteiger partial charge in [0.25, 0.3) is 5.91 Å². The molecule has 1 amide bonds. The fourth-order valence-electron chi connectivity index (χ4n) is 1.62. The summed E-state index contributed by atoms with van der Waals surface area (Å²) in [5, 5.41) is 11.8. The number of anilines is 1. The van der Waals surface area contributed by atoms with Crippen molar-refractivity contribution in [3.8, 4) is 11.8 Å². The number of hydrogen-bond acceptors (Lipinski definition) is 4. The lowest BCUT2D eigenvalue weighted by molar-refractivity contribution is -0.112. The number of hydrogen-bond donors (Lipinski definition) is 1. The Morgan fingerprint density at radius 3 is 2.77 bits per heavy atom. The van der Waals surface area contributed by atoms with E-state index in [0.29, 0.717) is 26.3 Å². The third-order valence-corrected chi connectivity index (χ3v) is 4.35. The summed E-state index contributed by atoms with van der Waals surface area (Å²) in [7, 11) is 1.54. The largest absolute Gasteiger partial charge is 0.497 e. The molecule has 0 radical (unpaired) electrons. The molecule has 0 atom stereocenters. The van der Waals surface area contributed by atoms with Crippen molar-refractivity contribution in [1.82, 2.24) is 0 Å². The Morgan fingerprint density at radius 1 is 1.41 bits per heavy atom. The molecule has 0 fully saturated rings. The van der Waals surface area contributed by atoms with Crippen LogP contribution in [0, 0.1) is 11.3 Å². The highest BCUT2D eigenvalue weighted by molar-refractivity contribution is 9.13. The van der Waals surface area contributed by atoms with Crippen LogP contribution >= 0.6 is 31.9 Å². The predicted octanol–water partition coefficient (Wildman–Crippen LogP) is 4.36. The van der Waals surface area contributed by atoms with Crippen LogP contribution in [0.4, 0.5) is 5.69 Å². The maximum Gasteiger partial charge on any atom is 0.266 e. The molecule has 7 heteroatoms. The quantitative estimate of drug-likeness (QED) is 0.583. The molecule has 0 unspecified atom stereocenters. The van der Waals surface area contributed by atoms with Gasteiger partial charge in [0.05, 0.1) is 11.6 Å². The molecular weight excluding hydrogens is 416 g/mol. The van der Waals surface area contributed by atoms with E-state index in [0.717, 1.165) is 0 Å². The van der Waals surface area contributed by atoms with Crippen molar-refractivity contribution in [1.29, 1.82) is 5.26 Å². The van der Waals surface area contributed by atoms with Crippen LogP contribution in [0.3, 0.4) is 0 Å². The number of rotatable bonds is 4. The summed E-state index contributed by atoms with van der Waals surface area (Å²) >= 11 is 6.46. The van der Waals surface area contributed by atoms with Gasteiger partial charge in [-0.05, 0) is 50.1 Å². The summed E-state index contributed by atoms with van der Waals surface area (Å²) in [4.78, 5) is 12.1. The molecular formula is C15H10Br2N2O3. The number of ether oxygens (including phenoxy) is 1. The minimum absolute atomic E-state index is 0.0726. The molecule has 0 saturated carbocycles. The van der Waals surface area contributed by atoms with Crippen molar-refractivity contribution in [2.75, 3.05) is 12.4 Å². The van der Waals surface area contributed by atoms with Gasteiger partial charge in [0.2, 0.25) is 0 Å². The molecule has 0 saturated heterocycles. The van der Waals surface area contributed by atoms with Crippen LogP contribution in [0.1, 0.15) is 5.76 Å². The summed E-state index contributed by atoms with van der Waals surface area (Å²) in [6, 6.07) is 10.4. The highest BCUT2D eigenvalue weighted by atomic mass is 79.9. The van der Waals surface area contributed by atoms with Crippen molar-refractivity contribution in [2.24, 2.45) is 0 Å². The zero-order chi connectivity index (χ0) is 16.1. The molecule has 112 valence electrons. The van der Waals surface area contributed by atoms with E-state index in [9.17, 15) is 4.79 Å². The lowest BCUT2D eigenvalue weighted by atomic mass is 10.2. The van der Waals surface area contributed by atoms with Gasteiger partial charge in [-0.25, -0.2) is 0 Å². The first-order chi connectivity index (χ1) is 10.5. The number of benzene rings is 1. The molecule has 0 bridgehead atoms. The summed E-state index contributed by atoms with van der Waals surface area (Å²) in [5.74, 6) is 0.467. The standard InChI is InChI=1S/C15H10Br2N2O3/c1-21-11-4-2-3-10(6-11)19-15(20)9(8-18)5-12-7-13(16)14(17)22-12/h2-7H,1H3,(H,19,20)/b9-5-. The Morgan fingerprint density at radius 2 is 2.18 bits per heavy atom. The Bertz CT molecular complexity index is 756. The van der Waals surface area contributed by atoms with E-state index in [4.69, 9.17) is 14.4 Å². The summed E-state index contributed by atoms with van der Waals surface area (Å²) in [6.07, 6.45) is 1.37. The predicted molar refractivity (Wildman–Crippen MR) is 89.3 cm³/mol. The monoisotopic (exact) mass is 424 g/mol. The number of amides is 1. The summed E-state index contributed by atoms with van der Waals surface area (Å²) in [6.45, 7) is 0. The van der Waals surface area contributed by atoms with Gasteiger partial charge in [0.1, 0.15) is 23.2 Å². The van der Waals surface area contributed by atoms with E-state index in [1.807, 2.05) is 6.07 Å². The van der Waals surface area contributed by atoms with Gasteiger partial charge in [-0.2, -0.15) is 5.26 Å². The Labute approximate surface area is 143 Å². The molecule has 1 heterocycles. The fraction of sp³-hybridized carbons (Fsp3) is 0.0667. The van der Waals surface area contributed by atoms with Crippen LogP contribution < -0.4 is 10.1 Å². The second-order valence-electron chi connectivity index (χ2n) is 4.13. The molecule has 1 aromatic carbocycles. The van der Waals surface area contributed by atoms with Gasteiger partial charge in [0.15, 0.2) is 4.67 Å². The third-order valence-electron chi connectivity index (χ3n) is 2.64. The van der Waals surface area contributed by atoms with E-state index in [-0.39, 0.29) is 5.57 Å². The molecule has 2 aromatic rings. The first-order valence-electron chi connectivity index (χ1n) is 6.05. The normalized spacial score (nSPS) is 10.9. The van der Waals surface area contributed by atoms with Crippen molar-refractivity contribution in [3.05, 3.63) is 50.8 Å². The molecule has 1 N–H and O–H groups in total. The van der Waals surface area contributed by atoms with Gasteiger partial charge in [-0.1, -0.05) is 6.07 Å². The smallest absolute Gasteiger partial charge is 0.266 e. The molecule has 0 spiro atoms. The first-order valence-corrected chi connectivity index (χ1v) is 7.64. The summed E-state index contributed by atoms with van der Waals surface area (Å²) < 4.78 is 11.6. The van der Waals surface area contributed by atoms with Crippen LogP contribution in [-0.2, 0) is 4.79 Å². The minimum Gasteiger partial charge on any atom is -0.497 e. The second-order valence-corrected chi connectivity index (χ2v) is 5.70. The highest BCUT2D eigenvalue weighted by Crippen LogP contribution is 2.28. The highest BCUT2D eigenvalue weighted by Gasteiger charge is 2.12. The molecule has 0 aliphatic carbocycles. The number of nitrogens with zero attached hydrogens (tertiary/aromatic N) is 1. The maximum atomic E-state index is 12.1. The van der Waals surface area contributed by atoms with E-state index in [2.05, 4.69) is 37.2 Å². The van der Waals surface area contributed by atoms with Crippen LogP contribution in [-0.4, -0.2) is 13.0 Å². The zero-order valence-corrected chi connectivity index (χ0v) is 14.6. The van der Waals surface area contributed by atoms with Gasteiger partial charge in [0, 0.05) is 17.8 Å². The number of nitriles is 1. The minimum atomic E-state index is -0.528. The van der Waals surface area contributed by atoms with E-state index < -0.39 is 5.91 Å².